The second-order valence-electron chi connectivity index (χ2n) is 4.12. The Morgan fingerprint density at radius 3 is 3.07 bits per heavy atom. The van der Waals surface area contributed by atoms with Gasteiger partial charge >= 0.3 is 0 Å². The fraction of sp³-hybridized carbons (Fsp3) is 0.636. The fourth-order valence-electron chi connectivity index (χ4n) is 2.11. The van der Waals surface area contributed by atoms with E-state index in [2.05, 4.69) is 12.2 Å². The van der Waals surface area contributed by atoms with Crippen LogP contribution in [0.25, 0.3) is 0 Å². The standard InChI is InChI=1S/C11H17NO2/c1-8-2-3-10(12-11(8)6-13)9-4-5-14-7-9/h4-5,7-8,10-13H,2-3,6H2,1H3/t8-,10+,11+/m1/s1. The molecule has 0 bridgehead atoms. The van der Waals surface area contributed by atoms with E-state index in [-0.39, 0.29) is 12.6 Å². The molecule has 2 heterocycles. The predicted octanol–water partition coefficient (Wildman–Crippen LogP) is 1.70. The molecule has 1 aromatic heterocycles. The topological polar surface area (TPSA) is 45.4 Å². The van der Waals surface area contributed by atoms with Gasteiger partial charge in [-0.25, -0.2) is 0 Å². The van der Waals surface area contributed by atoms with Gasteiger partial charge in [-0.3, -0.25) is 0 Å². The molecule has 1 saturated heterocycles. The molecule has 3 atom stereocenters. The summed E-state index contributed by atoms with van der Waals surface area (Å²) in [5.41, 5.74) is 1.19. The summed E-state index contributed by atoms with van der Waals surface area (Å²) in [6.45, 7) is 2.40. The highest BCUT2D eigenvalue weighted by Gasteiger charge is 2.27. The summed E-state index contributed by atoms with van der Waals surface area (Å²) in [6, 6.07) is 2.56. The number of furan rings is 1. The Hall–Kier alpha value is -0.800. The second kappa shape index (κ2) is 4.15. The quantitative estimate of drug-likeness (QED) is 0.755. The summed E-state index contributed by atoms with van der Waals surface area (Å²) >= 11 is 0. The van der Waals surface area contributed by atoms with Gasteiger partial charge < -0.3 is 14.8 Å². The third kappa shape index (κ3) is 1.83. The van der Waals surface area contributed by atoms with Crippen LogP contribution in [0.1, 0.15) is 31.4 Å². The maximum atomic E-state index is 9.19. The van der Waals surface area contributed by atoms with Crippen LogP contribution in [0.15, 0.2) is 23.0 Å². The van der Waals surface area contributed by atoms with Crippen molar-refractivity contribution in [1.29, 1.82) is 0 Å². The Morgan fingerprint density at radius 2 is 2.43 bits per heavy atom. The Labute approximate surface area is 84.1 Å². The second-order valence-corrected chi connectivity index (χ2v) is 4.12. The first-order chi connectivity index (χ1) is 6.81. The zero-order valence-electron chi connectivity index (χ0n) is 8.44. The average molecular weight is 195 g/mol. The van der Waals surface area contributed by atoms with Gasteiger partial charge in [0, 0.05) is 17.6 Å². The molecule has 3 heteroatoms. The van der Waals surface area contributed by atoms with E-state index in [0.29, 0.717) is 12.0 Å². The van der Waals surface area contributed by atoms with Crippen LogP contribution < -0.4 is 5.32 Å². The molecular weight excluding hydrogens is 178 g/mol. The Kier molecular flexibility index (Phi) is 2.89. The van der Waals surface area contributed by atoms with Gasteiger partial charge in [-0.05, 0) is 24.8 Å². The molecule has 1 aromatic rings. The van der Waals surface area contributed by atoms with E-state index in [1.165, 1.54) is 5.56 Å². The van der Waals surface area contributed by atoms with E-state index in [1.54, 1.807) is 12.5 Å². The molecule has 0 unspecified atom stereocenters. The van der Waals surface area contributed by atoms with Crippen LogP contribution in [0.5, 0.6) is 0 Å². The predicted molar refractivity (Wildman–Crippen MR) is 53.9 cm³/mol. The van der Waals surface area contributed by atoms with Crippen molar-refractivity contribution in [2.45, 2.75) is 31.8 Å². The van der Waals surface area contributed by atoms with Crippen molar-refractivity contribution >= 4 is 0 Å². The normalized spacial score (nSPS) is 33.1. The van der Waals surface area contributed by atoms with Gasteiger partial charge in [0.25, 0.3) is 0 Å². The highest BCUT2D eigenvalue weighted by atomic mass is 16.3. The van der Waals surface area contributed by atoms with E-state index in [4.69, 9.17) is 4.42 Å². The zero-order valence-corrected chi connectivity index (χ0v) is 8.44. The molecule has 1 fully saturated rings. The fourth-order valence-corrected chi connectivity index (χ4v) is 2.11. The Balaban J connectivity index is 2.03. The van der Waals surface area contributed by atoms with Crippen LogP contribution in [-0.4, -0.2) is 17.8 Å². The third-order valence-corrected chi connectivity index (χ3v) is 3.16. The van der Waals surface area contributed by atoms with Gasteiger partial charge in [-0.2, -0.15) is 0 Å². The minimum atomic E-state index is 0.218. The van der Waals surface area contributed by atoms with Crippen LogP contribution in [-0.2, 0) is 0 Å². The van der Waals surface area contributed by atoms with E-state index >= 15 is 0 Å². The molecule has 2 N–H and O–H groups in total. The van der Waals surface area contributed by atoms with Crippen LogP contribution in [0.3, 0.4) is 0 Å². The Morgan fingerprint density at radius 1 is 1.57 bits per heavy atom. The minimum absolute atomic E-state index is 0.218. The largest absolute Gasteiger partial charge is 0.472 e. The van der Waals surface area contributed by atoms with Gasteiger partial charge in [0.05, 0.1) is 19.1 Å². The van der Waals surface area contributed by atoms with Gasteiger partial charge in [0.15, 0.2) is 0 Å². The van der Waals surface area contributed by atoms with Gasteiger partial charge in [-0.1, -0.05) is 6.92 Å². The SMILES string of the molecule is C[C@@H]1CC[C@@H](c2ccoc2)N[C@H]1CO. The molecule has 0 radical (unpaired) electrons. The monoisotopic (exact) mass is 195 g/mol. The number of rotatable bonds is 2. The lowest BCUT2D eigenvalue weighted by molar-refractivity contribution is 0.155. The molecule has 14 heavy (non-hydrogen) atoms. The lowest BCUT2D eigenvalue weighted by Gasteiger charge is -2.34. The van der Waals surface area contributed by atoms with Crippen molar-refractivity contribution < 1.29 is 9.52 Å². The van der Waals surface area contributed by atoms with Crippen molar-refractivity contribution in [1.82, 2.24) is 5.32 Å². The van der Waals surface area contributed by atoms with Crippen LogP contribution >= 0.6 is 0 Å². The molecule has 0 aliphatic carbocycles. The molecule has 78 valence electrons. The number of nitrogens with one attached hydrogen (secondary N) is 1. The van der Waals surface area contributed by atoms with Crippen LogP contribution in [0.4, 0.5) is 0 Å². The van der Waals surface area contributed by atoms with E-state index < -0.39 is 0 Å². The summed E-state index contributed by atoms with van der Waals surface area (Å²) in [5.74, 6) is 0.558. The van der Waals surface area contributed by atoms with E-state index in [0.717, 1.165) is 12.8 Å². The molecule has 2 rings (SSSR count). The minimum Gasteiger partial charge on any atom is -0.472 e. The molecule has 0 spiro atoms. The number of hydrogen-bond donors (Lipinski definition) is 2. The van der Waals surface area contributed by atoms with Crippen LogP contribution in [0, 0.1) is 5.92 Å². The maximum Gasteiger partial charge on any atom is 0.0950 e. The third-order valence-electron chi connectivity index (χ3n) is 3.16. The number of hydrogen-bond acceptors (Lipinski definition) is 3. The smallest absolute Gasteiger partial charge is 0.0950 e. The average Bonchev–Trinajstić information content (AvgIpc) is 2.71. The molecular formula is C11H17NO2. The first-order valence-electron chi connectivity index (χ1n) is 5.20. The van der Waals surface area contributed by atoms with Crippen molar-refractivity contribution in [3.8, 4) is 0 Å². The summed E-state index contributed by atoms with van der Waals surface area (Å²) in [6.07, 6.45) is 5.76. The van der Waals surface area contributed by atoms with E-state index in [9.17, 15) is 5.11 Å². The highest BCUT2D eigenvalue weighted by molar-refractivity contribution is 5.13. The molecule has 1 aliphatic rings. The Bertz CT molecular complexity index is 271. The van der Waals surface area contributed by atoms with Crippen molar-refractivity contribution in [2.24, 2.45) is 5.92 Å². The van der Waals surface area contributed by atoms with Gasteiger partial charge in [0.1, 0.15) is 0 Å². The first kappa shape index (κ1) is 9.74. The molecule has 1 aliphatic heterocycles. The van der Waals surface area contributed by atoms with Crippen molar-refractivity contribution in [2.75, 3.05) is 6.61 Å². The summed E-state index contributed by atoms with van der Waals surface area (Å²) < 4.78 is 5.06. The molecule has 0 saturated carbocycles. The molecule has 0 amide bonds. The zero-order chi connectivity index (χ0) is 9.97. The molecule has 3 nitrogen and oxygen atoms in total. The number of aliphatic hydroxyl groups is 1. The number of piperidine rings is 1. The number of aliphatic hydroxyl groups excluding tert-OH is 1. The van der Waals surface area contributed by atoms with Gasteiger partial charge in [0.2, 0.25) is 0 Å². The van der Waals surface area contributed by atoms with Crippen molar-refractivity contribution in [3.05, 3.63) is 24.2 Å². The summed E-state index contributed by atoms with van der Waals surface area (Å²) in [4.78, 5) is 0. The van der Waals surface area contributed by atoms with Crippen molar-refractivity contribution in [3.63, 3.8) is 0 Å². The maximum absolute atomic E-state index is 9.19. The lowest BCUT2D eigenvalue weighted by atomic mass is 9.87. The first-order valence-corrected chi connectivity index (χ1v) is 5.20. The summed E-state index contributed by atoms with van der Waals surface area (Å²) in [7, 11) is 0. The summed E-state index contributed by atoms with van der Waals surface area (Å²) in [5, 5.41) is 12.6. The molecule has 0 aromatic carbocycles. The van der Waals surface area contributed by atoms with Gasteiger partial charge in [-0.15, -0.1) is 0 Å². The highest BCUT2D eigenvalue weighted by Crippen LogP contribution is 2.28. The lowest BCUT2D eigenvalue weighted by Crippen LogP contribution is -2.44. The van der Waals surface area contributed by atoms with E-state index in [1.807, 2.05) is 6.07 Å². The van der Waals surface area contributed by atoms with Crippen LogP contribution in [0.2, 0.25) is 0 Å².